The summed E-state index contributed by atoms with van der Waals surface area (Å²) in [4.78, 5) is 11.6. The van der Waals surface area contributed by atoms with E-state index < -0.39 is 0 Å². The van der Waals surface area contributed by atoms with E-state index in [4.69, 9.17) is 10.5 Å². The van der Waals surface area contributed by atoms with E-state index >= 15 is 0 Å². The van der Waals surface area contributed by atoms with Gasteiger partial charge in [0.15, 0.2) is 0 Å². The van der Waals surface area contributed by atoms with Gasteiger partial charge in [-0.05, 0) is 11.4 Å². The molecule has 3 nitrogen and oxygen atoms in total. The van der Waals surface area contributed by atoms with Gasteiger partial charge in [0.05, 0.1) is 6.54 Å². The summed E-state index contributed by atoms with van der Waals surface area (Å²) in [5.41, 5.74) is 5.04. The summed E-state index contributed by atoms with van der Waals surface area (Å²) in [6.45, 7) is 0.291. The second-order valence-corrected chi connectivity index (χ2v) is 2.98. The molecule has 1 rings (SSSR count). The van der Waals surface area contributed by atoms with E-state index in [-0.39, 0.29) is 12.5 Å². The van der Waals surface area contributed by atoms with Gasteiger partial charge >= 0.3 is 5.97 Å². The second kappa shape index (κ2) is 4.10. The van der Waals surface area contributed by atoms with E-state index in [0.29, 0.717) is 6.61 Å². The van der Waals surface area contributed by atoms with Crippen LogP contribution in [0.5, 0.6) is 0 Å². The van der Waals surface area contributed by atoms with Crippen LogP contribution in [0.15, 0.2) is 17.5 Å². The molecule has 0 atom stereocenters. The SMILES string of the molecule is NCC(=O)OCc1cccs1. The minimum absolute atomic E-state index is 0.0502. The lowest BCUT2D eigenvalue weighted by Crippen LogP contribution is -2.16. The van der Waals surface area contributed by atoms with Gasteiger partial charge < -0.3 is 10.5 Å². The van der Waals surface area contributed by atoms with E-state index in [9.17, 15) is 4.79 Å². The third-order valence-electron chi connectivity index (χ3n) is 1.12. The molecular weight excluding hydrogens is 162 g/mol. The molecule has 0 aliphatic rings. The van der Waals surface area contributed by atoms with E-state index in [1.807, 2.05) is 17.5 Å². The summed E-state index contributed by atoms with van der Waals surface area (Å²) in [6, 6.07) is 3.82. The van der Waals surface area contributed by atoms with Gasteiger partial charge in [0.25, 0.3) is 0 Å². The molecular formula is C7H9NO2S. The van der Waals surface area contributed by atoms with Crippen LogP contribution in [0.25, 0.3) is 0 Å². The molecule has 2 N–H and O–H groups in total. The van der Waals surface area contributed by atoms with Crippen LogP contribution in [0.4, 0.5) is 0 Å². The topological polar surface area (TPSA) is 52.3 Å². The second-order valence-electron chi connectivity index (χ2n) is 1.94. The summed E-state index contributed by atoms with van der Waals surface area (Å²) >= 11 is 1.56. The maximum Gasteiger partial charge on any atom is 0.320 e. The van der Waals surface area contributed by atoms with Gasteiger partial charge in [-0.1, -0.05) is 6.07 Å². The summed E-state index contributed by atoms with van der Waals surface area (Å²) in [5.74, 6) is -0.363. The highest BCUT2D eigenvalue weighted by Crippen LogP contribution is 2.09. The lowest BCUT2D eigenvalue weighted by molar-refractivity contribution is -0.143. The van der Waals surface area contributed by atoms with Crippen LogP contribution in [-0.2, 0) is 16.1 Å². The predicted octanol–water partition coefficient (Wildman–Crippen LogP) is 0.750. The zero-order valence-electron chi connectivity index (χ0n) is 5.95. The number of thiophene rings is 1. The van der Waals surface area contributed by atoms with Crippen molar-refractivity contribution in [3.05, 3.63) is 22.4 Å². The zero-order chi connectivity index (χ0) is 8.10. The van der Waals surface area contributed by atoms with Gasteiger partial charge in [-0.25, -0.2) is 0 Å². The van der Waals surface area contributed by atoms with Crippen molar-refractivity contribution in [2.24, 2.45) is 5.73 Å². The standard InChI is InChI=1S/C7H9NO2S/c8-4-7(9)10-5-6-2-1-3-11-6/h1-3H,4-5,8H2. The Hall–Kier alpha value is -0.870. The molecule has 0 saturated carbocycles. The Morgan fingerprint density at radius 1 is 1.73 bits per heavy atom. The van der Waals surface area contributed by atoms with Crippen LogP contribution in [0.1, 0.15) is 4.88 Å². The monoisotopic (exact) mass is 171 g/mol. The van der Waals surface area contributed by atoms with Crippen molar-refractivity contribution in [1.29, 1.82) is 0 Å². The average Bonchev–Trinajstić information content (AvgIpc) is 2.52. The van der Waals surface area contributed by atoms with Crippen LogP contribution >= 0.6 is 11.3 Å². The molecule has 0 fully saturated rings. The molecule has 4 heteroatoms. The molecule has 0 aromatic carbocycles. The summed E-state index contributed by atoms with van der Waals surface area (Å²) in [6.07, 6.45) is 0. The number of carbonyl (C=O) groups is 1. The van der Waals surface area contributed by atoms with E-state index in [2.05, 4.69) is 0 Å². The number of carbonyl (C=O) groups excluding carboxylic acids is 1. The van der Waals surface area contributed by atoms with Crippen LogP contribution in [0, 0.1) is 0 Å². The van der Waals surface area contributed by atoms with Crippen molar-refractivity contribution < 1.29 is 9.53 Å². The van der Waals surface area contributed by atoms with E-state index in [1.54, 1.807) is 11.3 Å². The fraction of sp³-hybridized carbons (Fsp3) is 0.286. The number of ether oxygens (including phenoxy) is 1. The Morgan fingerprint density at radius 3 is 3.09 bits per heavy atom. The number of hydrogen-bond donors (Lipinski definition) is 1. The third-order valence-corrected chi connectivity index (χ3v) is 1.97. The smallest absolute Gasteiger partial charge is 0.320 e. The van der Waals surface area contributed by atoms with E-state index in [0.717, 1.165) is 4.88 Å². The number of nitrogens with two attached hydrogens (primary N) is 1. The molecule has 60 valence electrons. The molecule has 0 spiro atoms. The minimum atomic E-state index is -0.363. The first-order chi connectivity index (χ1) is 5.33. The Balaban J connectivity index is 2.29. The van der Waals surface area contributed by atoms with Crippen LogP contribution in [0.2, 0.25) is 0 Å². The maximum absolute atomic E-state index is 10.6. The molecule has 0 aliphatic heterocycles. The molecule has 11 heavy (non-hydrogen) atoms. The Morgan fingerprint density at radius 2 is 2.55 bits per heavy atom. The molecule has 1 heterocycles. The zero-order valence-corrected chi connectivity index (χ0v) is 6.76. The van der Waals surface area contributed by atoms with E-state index in [1.165, 1.54) is 0 Å². The van der Waals surface area contributed by atoms with Crippen molar-refractivity contribution in [3.63, 3.8) is 0 Å². The highest BCUT2D eigenvalue weighted by atomic mass is 32.1. The van der Waals surface area contributed by atoms with Gasteiger partial charge in [0.2, 0.25) is 0 Å². The lowest BCUT2D eigenvalue weighted by atomic mass is 10.5. The molecule has 1 aromatic heterocycles. The van der Waals surface area contributed by atoms with Crippen molar-refractivity contribution in [2.45, 2.75) is 6.61 Å². The minimum Gasteiger partial charge on any atom is -0.459 e. The number of esters is 1. The van der Waals surface area contributed by atoms with Gasteiger partial charge in [-0.3, -0.25) is 4.79 Å². The molecule has 0 amide bonds. The van der Waals surface area contributed by atoms with Crippen LogP contribution in [0.3, 0.4) is 0 Å². The first kappa shape index (κ1) is 8.23. The molecule has 0 saturated heterocycles. The van der Waals surface area contributed by atoms with Gasteiger partial charge in [-0.15, -0.1) is 11.3 Å². The summed E-state index contributed by atoms with van der Waals surface area (Å²) in [7, 11) is 0. The van der Waals surface area contributed by atoms with Gasteiger partial charge in [-0.2, -0.15) is 0 Å². The van der Waals surface area contributed by atoms with Crippen molar-refractivity contribution >= 4 is 17.3 Å². The largest absolute Gasteiger partial charge is 0.459 e. The quantitative estimate of drug-likeness (QED) is 0.683. The Bertz CT molecular complexity index is 220. The summed E-state index contributed by atoms with van der Waals surface area (Å²) < 4.78 is 4.78. The van der Waals surface area contributed by atoms with Crippen molar-refractivity contribution in [2.75, 3.05) is 6.54 Å². The fourth-order valence-electron chi connectivity index (χ4n) is 0.605. The van der Waals surface area contributed by atoms with Gasteiger partial charge in [0.1, 0.15) is 6.61 Å². The van der Waals surface area contributed by atoms with Crippen molar-refractivity contribution in [3.8, 4) is 0 Å². The fourth-order valence-corrected chi connectivity index (χ4v) is 1.22. The average molecular weight is 171 g/mol. The Kier molecular flexibility index (Phi) is 3.07. The third kappa shape index (κ3) is 2.69. The number of hydrogen-bond acceptors (Lipinski definition) is 4. The predicted molar refractivity (Wildman–Crippen MR) is 43.2 cm³/mol. The highest BCUT2D eigenvalue weighted by molar-refractivity contribution is 7.09. The first-order valence-electron chi connectivity index (χ1n) is 3.21. The molecule has 0 aliphatic carbocycles. The lowest BCUT2D eigenvalue weighted by Gasteiger charge is -1.98. The van der Waals surface area contributed by atoms with Gasteiger partial charge in [0, 0.05) is 4.88 Å². The molecule has 0 bridgehead atoms. The summed E-state index contributed by atoms with van der Waals surface area (Å²) in [5, 5.41) is 1.94. The van der Waals surface area contributed by atoms with Crippen molar-refractivity contribution in [1.82, 2.24) is 0 Å². The maximum atomic E-state index is 10.6. The molecule has 1 aromatic rings. The normalized spacial score (nSPS) is 9.55. The molecule has 0 radical (unpaired) electrons. The van der Waals surface area contributed by atoms with Crippen LogP contribution < -0.4 is 5.73 Å². The molecule has 0 unspecified atom stereocenters. The van der Waals surface area contributed by atoms with Crippen LogP contribution in [-0.4, -0.2) is 12.5 Å². The highest BCUT2D eigenvalue weighted by Gasteiger charge is 1.99. The first-order valence-corrected chi connectivity index (χ1v) is 4.09. The Labute approximate surface area is 68.8 Å². The number of rotatable bonds is 3.